The van der Waals surface area contributed by atoms with Crippen LogP contribution in [0.2, 0.25) is 0 Å². The van der Waals surface area contributed by atoms with Crippen LogP contribution in [0.4, 0.5) is 4.39 Å². The lowest BCUT2D eigenvalue weighted by Crippen LogP contribution is -2.19. The molecule has 1 rings (SSSR count). The van der Waals surface area contributed by atoms with Gasteiger partial charge in [-0.25, -0.2) is 4.39 Å². The van der Waals surface area contributed by atoms with E-state index in [1.807, 2.05) is 13.8 Å². The number of pyridine rings is 1. The van der Waals surface area contributed by atoms with Gasteiger partial charge in [-0.2, -0.15) is 0 Å². The van der Waals surface area contributed by atoms with Gasteiger partial charge in [0.25, 0.3) is 0 Å². The lowest BCUT2D eigenvalue weighted by Gasteiger charge is -2.14. The van der Waals surface area contributed by atoms with Crippen LogP contribution in [0.1, 0.15) is 25.5 Å². The minimum absolute atomic E-state index is 0.127. The quantitative estimate of drug-likeness (QED) is 0.800. The van der Waals surface area contributed by atoms with Gasteiger partial charge in [-0.1, -0.05) is 0 Å². The van der Waals surface area contributed by atoms with Crippen LogP contribution in [0.15, 0.2) is 18.5 Å². The maximum absolute atomic E-state index is 12.8. The normalized spacial score (nSPS) is 13.2. The first-order valence-electron chi connectivity index (χ1n) is 4.57. The summed E-state index contributed by atoms with van der Waals surface area (Å²) >= 11 is 0. The summed E-state index contributed by atoms with van der Waals surface area (Å²) in [4.78, 5) is 3.72. The zero-order valence-corrected chi connectivity index (χ0v) is 8.40. The van der Waals surface area contributed by atoms with Gasteiger partial charge in [-0.15, -0.1) is 0 Å². The third-order valence-electron chi connectivity index (χ3n) is 1.76. The van der Waals surface area contributed by atoms with Crippen LogP contribution in [-0.4, -0.2) is 17.7 Å². The maximum Gasteiger partial charge on any atom is 0.141 e. The molecule has 1 atom stereocenters. The molecule has 0 bridgehead atoms. The Morgan fingerprint density at radius 2 is 2.21 bits per heavy atom. The van der Waals surface area contributed by atoms with Gasteiger partial charge in [0.15, 0.2) is 0 Å². The fourth-order valence-corrected chi connectivity index (χ4v) is 1.02. The van der Waals surface area contributed by atoms with Crippen molar-refractivity contribution in [1.82, 2.24) is 4.98 Å². The predicted octanol–water partition coefficient (Wildman–Crippen LogP) is 1.65. The van der Waals surface area contributed by atoms with Crippen molar-refractivity contribution in [3.8, 4) is 0 Å². The van der Waals surface area contributed by atoms with E-state index in [9.17, 15) is 4.39 Å². The first-order valence-corrected chi connectivity index (χ1v) is 4.57. The van der Waals surface area contributed by atoms with Gasteiger partial charge in [0.05, 0.1) is 24.9 Å². The van der Waals surface area contributed by atoms with Crippen molar-refractivity contribution in [2.24, 2.45) is 5.73 Å². The van der Waals surface area contributed by atoms with E-state index in [1.54, 1.807) is 6.20 Å². The SMILES string of the molecule is CC(C)OCC(N)c1cncc(F)c1. The van der Waals surface area contributed by atoms with Crippen molar-refractivity contribution in [2.75, 3.05) is 6.61 Å². The topological polar surface area (TPSA) is 48.1 Å². The monoisotopic (exact) mass is 198 g/mol. The Kier molecular flexibility index (Phi) is 3.98. The molecule has 0 aliphatic heterocycles. The molecule has 1 unspecified atom stereocenters. The first kappa shape index (κ1) is 11.1. The number of rotatable bonds is 4. The average Bonchev–Trinajstić information content (AvgIpc) is 2.14. The zero-order chi connectivity index (χ0) is 10.6. The van der Waals surface area contributed by atoms with E-state index in [4.69, 9.17) is 10.5 Å². The van der Waals surface area contributed by atoms with E-state index in [1.165, 1.54) is 6.07 Å². The summed E-state index contributed by atoms with van der Waals surface area (Å²) in [5.41, 5.74) is 6.44. The molecule has 0 radical (unpaired) electrons. The highest BCUT2D eigenvalue weighted by Gasteiger charge is 2.08. The van der Waals surface area contributed by atoms with Crippen LogP contribution in [-0.2, 0) is 4.74 Å². The van der Waals surface area contributed by atoms with E-state index in [2.05, 4.69) is 4.98 Å². The van der Waals surface area contributed by atoms with Crippen molar-refractivity contribution in [3.63, 3.8) is 0 Å². The summed E-state index contributed by atoms with van der Waals surface area (Å²) in [6.45, 7) is 4.23. The molecule has 0 aliphatic rings. The molecule has 0 amide bonds. The number of hydrogen-bond donors (Lipinski definition) is 1. The Labute approximate surface area is 83.1 Å². The lowest BCUT2D eigenvalue weighted by atomic mass is 10.1. The average molecular weight is 198 g/mol. The molecule has 0 aromatic carbocycles. The van der Waals surface area contributed by atoms with Gasteiger partial charge in [-0.05, 0) is 25.5 Å². The molecule has 0 spiro atoms. The Balaban J connectivity index is 2.56. The lowest BCUT2D eigenvalue weighted by molar-refractivity contribution is 0.0682. The standard InChI is InChI=1S/C10H15FN2O/c1-7(2)14-6-10(12)8-3-9(11)5-13-4-8/h3-5,7,10H,6,12H2,1-2H3. The fraction of sp³-hybridized carbons (Fsp3) is 0.500. The highest BCUT2D eigenvalue weighted by Crippen LogP contribution is 2.11. The Bertz CT molecular complexity index is 291. The number of halogens is 1. The van der Waals surface area contributed by atoms with Crippen LogP contribution in [0.25, 0.3) is 0 Å². The van der Waals surface area contributed by atoms with Crippen molar-refractivity contribution < 1.29 is 9.13 Å². The molecular formula is C10H15FN2O. The number of nitrogens with zero attached hydrogens (tertiary/aromatic N) is 1. The highest BCUT2D eigenvalue weighted by atomic mass is 19.1. The third-order valence-corrected chi connectivity index (χ3v) is 1.76. The molecule has 0 fully saturated rings. The second kappa shape index (κ2) is 5.02. The molecule has 1 aromatic heterocycles. The molecular weight excluding hydrogens is 183 g/mol. The summed E-state index contributed by atoms with van der Waals surface area (Å²) in [5.74, 6) is -0.373. The maximum atomic E-state index is 12.8. The van der Waals surface area contributed by atoms with Gasteiger partial charge in [0, 0.05) is 6.20 Å². The van der Waals surface area contributed by atoms with Gasteiger partial charge in [0.2, 0.25) is 0 Å². The van der Waals surface area contributed by atoms with Crippen molar-refractivity contribution in [2.45, 2.75) is 26.0 Å². The largest absolute Gasteiger partial charge is 0.377 e. The summed E-state index contributed by atoms with van der Waals surface area (Å²) in [6.07, 6.45) is 2.83. The number of aromatic nitrogens is 1. The van der Waals surface area contributed by atoms with Crippen LogP contribution in [0.5, 0.6) is 0 Å². The third kappa shape index (κ3) is 3.40. The van der Waals surface area contributed by atoms with E-state index in [0.717, 1.165) is 6.20 Å². The molecule has 1 heterocycles. The minimum Gasteiger partial charge on any atom is -0.377 e. The van der Waals surface area contributed by atoms with Crippen molar-refractivity contribution >= 4 is 0 Å². The van der Waals surface area contributed by atoms with Crippen molar-refractivity contribution in [1.29, 1.82) is 0 Å². The molecule has 3 nitrogen and oxygen atoms in total. The molecule has 0 aliphatic carbocycles. The van der Waals surface area contributed by atoms with E-state index >= 15 is 0 Å². The summed E-state index contributed by atoms with van der Waals surface area (Å²) < 4.78 is 18.1. The van der Waals surface area contributed by atoms with Crippen LogP contribution >= 0.6 is 0 Å². The molecule has 1 aromatic rings. The Morgan fingerprint density at radius 3 is 2.79 bits per heavy atom. The van der Waals surface area contributed by atoms with Crippen LogP contribution in [0.3, 0.4) is 0 Å². The molecule has 14 heavy (non-hydrogen) atoms. The second-order valence-corrected chi connectivity index (χ2v) is 3.43. The molecule has 2 N–H and O–H groups in total. The molecule has 4 heteroatoms. The summed E-state index contributed by atoms with van der Waals surface area (Å²) in [5, 5.41) is 0. The molecule has 78 valence electrons. The molecule has 0 saturated heterocycles. The van der Waals surface area contributed by atoms with Gasteiger partial charge >= 0.3 is 0 Å². The van der Waals surface area contributed by atoms with E-state index in [0.29, 0.717) is 12.2 Å². The van der Waals surface area contributed by atoms with Gasteiger partial charge < -0.3 is 10.5 Å². The minimum atomic E-state index is -0.373. The fourth-order valence-electron chi connectivity index (χ4n) is 1.02. The van der Waals surface area contributed by atoms with Crippen LogP contribution in [0, 0.1) is 5.82 Å². The highest BCUT2D eigenvalue weighted by molar-refractivity contribution is 5.14. The number of nitrogens with two attached hydrogens (primary N) is 1. The summed E-state index contributed by atoms with van der Waals surface area (Å²) in [7, 11) is 0. The molecule has 0 saturated carbocycles. The van der Waals surface area contributed by atoms with E-state index < -0.39 is 0 Å². The smallest absolute Gasteiger partial charge is 0.141 e. The Hall–Kier alpha value is -1.00. The van der Waals surface area contributed by atoms with Gasteiger partial charge in [-0.3, -0.25) is 4.98 Å². The zero-order valence-electron chi connectivity index (χ0n) is 8.40. The number of ether oxygens (including phenoxy) is 1. The Morgan fingerprint density at radius 1 is 1.50 bits per heavy atom. The number of hydrogen-bond acceptors (Lipinski definition) is 3. The van der Waals surface area contributed by atoms with Gasteiger partial charge in [0.1, 0.15) is 5.82 Å². The van der Waals surface area contributed by atoms with Crippen LogP contribution < -0.4 is 5.73 Å². The second-order valence-electron chi connectivity index (χ2n) is 3.43. The first-order chi connectivity index (χ1) is 6.59. The van der Waals surface area contributed by atoms with Crippen molar-refractivity contribution in [3.05, 3.63) is 29.8 Å². The summed E-state index contributed by atoms with van der Waals surface area (Å²) in [6, 6.07) is 1.06. The van der Waals surface area contributed by atoms with E-state index in [-0.39, 0.29) is 18.0 Å². The predicted molar refractivity (Wildman–Crippen MR) is 52.2 cm³/mol.